The molecule has 2 heterocycles. The first-order chi connectivity index (χ1) is 9.75. The van der Waals surface area contributed by atoms with Gasteiger partial charge in [-0.2, -0.15) is 0 Å². The van der Waals surface area contributed by atoms with Gasteiger partial charge in [-0.25, -0.2) is 0 Å². The fourth-order valence-electron chi connectivity index (χ4n) is 3.41. The maximum Gasteiger partial charge on any atom is 0.231 e. The molecule has 0 atom stereocenters. The molecule has 108 valence electrons. The summed E-state index contributed by atoms with van der Waals surface area (Å²) in [7, 11) is 1.69. The molecule has 0 aromatic heterocycles. The highest BCUT2D eigenvalue weighted by Gasteiger charge is 2.43. The van der Waals surface area contributed by atoms with Crippen LogP contribution >= 0.6 is 0 Å². The summed E-state index contributed by atoms with van der Waals surface area (Å²) in [6.07, 6.45) is 1.74. The van der Waals surface area contributed by atoms with E-state index in [1.54, 1.807) is 7.11 Å². The lowest BCUT2D eigenvalue weighted by Crippen LogP contribution is -2.50. The predicted octanol–water partition coefficient (Wildman–Crippen LogP) is 1.54. The van der Waals surface area contributed by atoms with E-state index >= 15 is 0 Å². The molecule has 3 rings (SSSR count). The molecule has 0 aliphatic carbocycles. The minimum atomic E-state index is -0.331. The zero-order chi connectivity index (χ0) is 14.0. The average molecular weight is 274 g/mol. The molecular formula is C16H22N2O2. The Morgan fingerprint density at radius 2 is 1.85 bits per heavy atom. The number of benzene rings is 1. The van der Waals surface area contributed by atoms with Gasteiger partial charge < -0.3 is 15.0 Å². The number of nitrogens with zero attached hydrogens (tertiary/aromatic N) is 1. The van der Waals surface area contributed by atoms with Gasteiger partial charge in [0, 0.05) is 20.2 Å². The smallest absolute Gasteiger partial charge is 0.231 e. The van der Waals surface area contributed by atoms with Crippen LogP contribution in [-0.4, -0.2) is 37.6 Å². The fraction of sp³-hybridized carbons (Fsp3) is 0.562. The Labute approximate surface area is 120 Å². The molecule has 1 saturated heterocycles. The highest BCUT2D eigenvalue weighted by Crippen LogP contribution is 2.34. The molecule has 4 nitrogen and oxygen atoms in total. The van der Waals surface area contributed by atoms with Crippen LogP contribution in [0.3, 0.4) is 0 Å². The molecule has 1 aromatic rings. The zero-order valence-electron chi connectivity index (χ0n) is 12.0. The molecule has 1 N–H and O–H groups in total. The molecule has 4 heteroatoms. The van der Waals surface area contributed by atoms with Gasteiger partial charge in [0.25, 0.3) is 0 Å². The van der Waals surface area contributed by atoms with Crippen molar-refractivity contribution >= 4 is 5.91 Å². The molecule has 0 unspecified atom stereocenters. The van der Waals surface area contributed by atoms with Gasteiger partial charge in [0.15, 0.2) is 0 Å². The molecule has 1 aromatic carbocycles. The first-order valence-corrected chi connectivity index (χ1v) is 7.31. The van der Waals surface area contributed by atoms with Crippen LogP contribution in [-0.2, 0) is 22.6 Å². The molecule has 0 saturated carbocycles. The van der Waals surface area contributed by atoms with Crippen LogP contribution in [0.5, 0.6) is 0 Å². The molecular weight excluding hydrogens is 252 g/mol. The lowest BCUT2D eigenvalue weighted by molar-refractivity contribution is -0.148. The van der Waals surface area contributed by atoms with Crippen molar-refractivity contribution in [1.82, 2.24) is 10.2 Å². The second-order valence-electron chi connectivity index (χ2n) is 5.89. The Bertz CT molecular complexity index is 464. The van der Waals surface area contributed by atoms with Crippen molar-refractivity contribution in [2.24, 2.45) is 5.41 Å². The van der Waals surface area contributed by atoms with Gasteiger partial charge >= 0.3 is 0 Å². The summed E-state index contributed by atoms with van der Waals surface area (Å²) in [5.74, 6) is 0.261. The minimum Gasteiger partial charge on any atom is -0.384 e. The van der Waals surface area contributed by atoms with Gasteiger partial charge in [0.2, 0.25) is 5.91 Å². The van der Waals surface area contributed by atoms with Gasteiger partial charge in [-0.15, -0.1) is 0 Å². The molecule has 2 aliphatic heterocycles. The zero-order valence-corrected chi connectivity index (χ0v) is 12.0. The van der Waals surface area contributed by atoms with Crippen LogP contribution in [0.15, 0.2) is 24.3 Å². The van der Waals surface area contributed by atoms with Crippen molar-refractivity contribution in [1.29, 1.82) is 0 Å². The van der Waals surface area contributed by atoms with Crippen LogP contribution < -0.4 is 5.32 Å². The van der Waals surface area contributed by atoms with E-state index in [2.05, 4.69) is 17.4 Å². The van der Waals surface area contributed by atoms with E-state index in [-0.39, 0.29) is 11.3 Å². The minimum absolute atomic E-state index is 0.261. The molecule has 20 heavy (non-hydrogen) atoms. The second kappa shape index (κ2) is 5.54. The Hall–Kier alpha value is -1.39. The van der Waals surface area contributed by atoms with Crippen molar-refractivity contribution < 1.29 is 9.53 Å². The first kappa shape index (κ1) is 13.6. The maximum absolute atomic E-state index is 13.0. The molecule has 1 amide bonds. The number of carbonyl (C=O) groups is 1. The van der Waals surface area contributed by atoms with Gasteiger partial charge in [-0.1, -0.05) is 24.3 Å². The third kappa shape index (κ3) is 2.34. The van der Waals surface area contributed by atoms with E-state index in [1.165, 1.54) is 11.1 Å². The van der Waals surface area contributed by atoms with Crippen molar-refractivity contribution in [3.05, 3.63) is 35.4 Å². The lowest BCUT2D eigenvalue weighted by atomic mass is 9.78. The number of fused-ring (bicyclic) bond motifs is 1. The lowest BCUT2D eigenvalue weighted by Gasteiger charge is -2.38. The van der Waals surface area contributed by atoms with E-state index in [9.17, 15) is 4.79 Å². The topological polar surface area (TPSA) is 41.6 Å². The van der Waals surface area contributed by atoms with Gasteiger partial charge in [-0.05, 0) is 37.1 Å². The predicted molar refractivity (Wildman–Crippen MR) is 77.1 cm³/mol. The monoisotopic (exact) mass is 274 g/mol. The summed E-state index contributed by atoms with van der Waals surface area (Å²) in [5.41, 5.74) is 2.23. The SMILES string of the molecule is COCC1(C(=O)N2Cc3ccccc3C2)CCNCC1. The number of hydrogen-bond donors (Lipinski definition) is 1. The standard InChI is InChI=1S/C16H22N2O2/c1-20-12-16(6-8-17-9-7-16)15(19)18-10-13-4-2-3-5-14(13)11-18/h2-5,17H,6-12H2,1H3. The van der Waals surface area contributed by atoms with Crippen LogP contribution in [0.2, 0.25) is 0 Å². The summed E-state index contributed by atoms with van der Waals surface area (Å²) in [4.78, 5) is 15.0. The van der Waals surface area contributed by atoms with Crippen molar-refractivity contribution in [3.63, 3.8) is 0 Å². The van der Waals surface area contributed by atoms with Gasteiger partial charge in [0.05, 0.1) is 12.0 Å². The van der Waals surface area contributed by atoms with Gasteiger partial charge in [-0.3, -0.25) is 4.79 Å². The molecule has 0 bridgehead atoms. The quantitative estimate of drug-likeness (QED) is 0.909. The molecule has 1 fully saturated rings. The van der Waals surface area contributed by atoms with E-state index in [1.807, 2.05) is 17.0 Å². The van der Waals surface area contributed by atoms with E-state index in [4.69, 9.17) is 4.74 Å². The molecule has 2 aliphatic rings. The van der Waals surface area contributed by atoms with Crippen LogP contribution in [0.4, 0.5) is 0 Å². The summed E-state index contributed by atoms with van der Waals surface area (Å²) in [6.45, 7) is 3.81. The van der Waals surface area contributed by atoms with Gasteiger partial charge in [0.1, 0.15) is 0 Å². The Balaban J connectivity index is 1.78. The number of ether oxygens (including phenoxy) is 1. The fourth-order valence-corrected chi connectivity index (χ4v) is 3.41. The van der Waals surface area contributed by atoms with E-state index < -0.39 is 0 Å². The Kier molecular flexibility index (Phi) is 3.76. The summed E-state index contributed by atoms with van der Waals surface area (Å²) < 4.78 is 5.37. The Morgan fingerprint density at radius 3 is 2.40 bits per heavy atom. The van der Waals surface area contributed by atoms with Crippen molar-refractivity contribution in [3.8, 4) is 0 Å². The average Bonchev–Trinajstić information content (AvgIpc) is 2.91. The number of methoxy groups -OCH3 is 1. The maximum atomic E-state index is 13.0. The number of carbonyl (C=O) groups excluding carboxylic acids is 1. The van der Waals surface area contributed by atoms with Crippen LogP contribution in [0.25, 0.3) is 0 Å². The second-order valence-corrected chi connectivity index (χ2v) is 5.89. The summed E-state index contributed by atoms with van der Waals surface area (Å²) in [6, 6.07) is 8.33. The Morgan fingerprint density at radius 1 is 1.25 bits per heavy atom. The third-order valence-corrected chi connectivity index (χ3v) is 4.56. The third-order valence-electron chi connectivity index (χ3n) is 4.56. The largest absolute Gasteiger partial charge is 0.384 e. The van der Waals surface area contributed by atoms with Crippen molar-refractivity contribution in [2.45, 2.75) is 25.9 Å². The highest BCUT2D eigenvalue weighted by molar-refractivity contribution is 5.83. The first-order valence-electron chi connectivity index (χ1n) is 7.31. The van der Waals surface area contributed by atoms with Crippen LogP contribution in [0, 0.1) is 5.41 Å². The van der Waals surface area contributed by atoms with Crippen LogP contribution in [0.1, 0.15) is 24.0 Å². The summed E-state index contributed by atoms with van der Waals surface area (Å²) >= 11 is 0. The molecule has 0 radical (unpaired) electrons. The van der Waals surface area contributed by atoms with E-state index in [0.717, 1.165) is 39.0 Å². The number of piperidine rings is 1. The normalized spacial score (nSPS) is 20.8. The summed E-state index contributed by atoms with van der Waals surface area (Å²) in [5, 5.41) is 3.33. The number of rotatable bonds is 3. The number of hydrogen-bond acceptors (Lipinski definition) is 3. The van der Waals surface area contributed by atoms with E-state index in [0.29, 0.717) is 6.61 Å². The van der Waals surface area contributed by atoms with Crippen molar-refractivity contribution in [2.75, 3.05) is 26.8 Å². The highest BCUT2D eigenvalue weighted by atomic mass is 16.5. The number of nitrogens with one attached hydrogen (secondary N) is 1. The molecule has 0 spiro atoms. The number of amides is 1.